The molecule has 1 fully saturated rings. The second-order valence-corrected chi connectivity index (χ2v) is 5.07. The smallest absolute Gasteiger partial charge is 0.306 e. The van der Waals surface area contributed by atoms with E-state index < -0.39 is 5.97 Å². The molecule has 3 N–H and O–H groups in total. The van der Waals surface area contributed by atoms with Gasteiger partial charge >= 0.3 is 5.97 Å². The Morgan fingerprint density at radius 1 is 1.50 bits per heavy atom. The molecule has 0 aromatic heterocycles. The average molecular weight is 258 g/mol. The highest BCUT2D eigenvalue weighted by Gasteiger charge is 2.32. The minimum atomic E-state index is -0.796. The zero-order chi connectivity index (χ0) is 13.6. The lowest BCUT2D eigenvalue weighted by Crippen LogP contribution is -2.59. The van der Waals surface area contributed by atoms with Crippen LogP contribution in [0.5, 0.6) is 0 Å². The van der Waals surface area contributed by atoms with Gasteiger partial charge in [0.2, 0.25) is 5.91 Å². The van der Waals surface area contributed by atoms with Crippen LogP contribution < -0.4 is 10.6 Å². The van der Waals surface area contributed by atoms with Crippen molar-refractivity contribution in [3.05, 3.63) is 0 Å². The third-order valence-corrected chi connectivity index (χ3v) is 3.11. The quantitative estimate of drug-likeness (QED) is 0.533. The maximum atomic E-state index is 11.4. The van der Waals surface area contributed by atoms with Gasteiger partial charge in [0, 0.05) is 19.6 Å². The molecule has 1 rings (SSSR count). The SMILES string of the molecule is CC(CCCNC(=O)COC1(C)CNC1)C(=O)O. The topological polar surface area (TPSA) is 87.7 Å². The molecule has 0 radical (unpaired) electrons. The lowest BCUT2D eigenvalue weighted by Gasteiger charge is -2.38. The molecule has 0 aromatic carbocycles. The van der Waals surface area contributed by atoms with Crippen molar-refractivity contribution in [1.29, 1.82) is 0 Å². The van der Waals surface area contributed by atoms with Crippen LogP contribution in [0.1, 0.15) is 26.7 Å². The van der Waals surface area contributed by atoms with Crippen molar-refractivity contribution in [2.24, 2.45) is 5.92 Å². The van der Waals surface area contributed by atoms with E-state index in [1.165, 1.54) is 0 Å². The van der Waals surface area contributed by atoms with Crippen LogP contribution in [0.15, 0.2) is 0 Å². The fourth-order valence-electron chi connectivity index (χ4n) is 1.63. The van der Waals surface area contributed by atoms with Gasteiger partial charge in [-0.2, -0.15) is 0 Å². The summed E-state index contributed by atoms with van der Waals surface area (Å²) in [6.07, 6.45) is 1.23. The number of hydrogen-bond acceptors (Lipinski definition) is 4. The van der Waals surface area contributed by atoms with Crippen LogP contribution in [-0.2, 0) is 14.3 Å². The Kier molecular flexibility index (Phi) is 5.55. The Labute approximate surface area is 107 Å². The molecule has 0 bridgehead atoms. The van der Waals surface area contributed by atoms with Crippen molar-refractivity contribution >= 4 is 11.9 Å². The molecule has 1 aliphatic rings. The molecule has 0 aliphatic carbocycles. The van der Waals surface area contributed by atoms with E-state index in [2.05, 4.69) is 10.6 Å². The predicted molar refractivity (Wildman–Crippen MR) is 66.3 cm³/mol. The maximum absolute atomic E-state index is 11.4. The minimum absolute atomic E-state index is 0.0622. The van der Waals surface area contributed by atoms with E-state index in [0.29, 0.717) is 19.4 Å². The predicted octanol–water partition coefficient (Wildman–Crippen LogP) is -0.0180. The van der Waals surface area contributed by atoms with Crippen LogP contribution in [0.2, 0.25) is 0 Å². The second-order valence-electron chi connectivity index (χ2n) is 5.07. The van der Waals surface area contributed by atoms with E-state index in [1.807, 2.05) is 6.92 Å². The van der Waals surface area contributed by atoms with Gasteiger partial charge in [-0.05, 0) is 19.8 Å². The van der Waals surface area contributed by atoms with Gasteiger partial charge in [-0.15, -0.1) is 0 Å². The molecular formula is C12H22N2O4. The number of carboxylic acid groups (broad SMARTS) is 1. The third-order valence-electron chi connectivity index (χ3n) is 3.11. The van der Waals surface area contributed by atoms with Gasteiger partial charge in [0.05, 0.1) is 11.5 Å². The molecule has 1 aliphatic heterocycles. The Bertz CT molecular complexity index is 302. The first-order chi connectivity index (χ1) is 8.43. The van der Waals surface area contributed by atoms with E-state index in [0.717, 1.165) is 13.1 Å². The zero-order valence-electron chi connectivity index (χ0n) is 11.0. The molecule has 6 heteroatoms. The fourth-order valence-corrected chi connectivity index (χ4v) is 1.63. The first kappa shape index (κ1) is 14.9. The number of ether oxygens (including phenoxy) is 1. The highest BCUT2D eigenvalue weighted by Crippen LogP contribution is 2.14. The van der Waals surface area contributed by atoms with Crippen molar-refractivity contribution in [2.45, 2.75) is 32.3 Å². The highest BCUT2D eigenvalue weighted by atomic mass is 16.5. The summed E-state index contributed by atoms with van der Waals surface area (Å²) in [7, 11) is 0. The summed E-state index contributed by atoms with van der Waals surface area (Å²) in [5.41, 5.74) is -0.213. The van der Waals surface area contributed by atoms with Crippen LogP contribution in [-0.4, -0.2) is 48.8 Å². The number of rotatable bonds is 8. The van der Waals surface area contributed by atoms with Crippen LogP contribution in [0, 0.1) is 5.92 Å². The van der Waals surface area contributed by atoms with E-state index in [-0.39, 0.29) is 24.0 Å². The molecule has 0 spiro atoms. The van der Waals surface area contributed by atoms with Gasteiger partial charge in [0.25, 0.3) is 0 Å². The molecule has 18 heavy (non-hydrogen) atoms. The molecule has 1 unspecified atom stereocenters. The van der Waals surface area contributed by atoms with E-state index in [1.54, 1.807) is 6.92 Å². The zero-order valence-corrected chi connectivity index (χ0v) is 11.0. The lowest BCUT2D eigenvalue weighted by molar-refractivity contribution is -0.141. The van der Waals surface area contributed by atoms with Crippen molar-refractivity contribution in [3.63, 3.8) is 0 Å². The largest absolute Gasteiger partial charge is 0.481 e. The minimum Gasteiger partial charge on any atom is -0.481 e. The van der Waals surface area contributed by atoms with Crippen molar-refractivity contribution in [2.75, 3.05) is 26.2 Å². The summed E-state index contributed by atoms with van der Waals surface area (Å²) in [5, 5.41) is 14.5. The average Bonchev–Trinajstić information content (AvgIpc) is 2.29. The summed E-state index contributed by atoms with van der Waals surface area (Å²) < 4.78 is 5.47. The van der Waals surface area contributed by atoms with E-state index >= 15 is 0 Å². The monoisotopic (exact) mass is 258 g/mol. The number of hydrogen-bond donors (Lipinski definition) is 3. The molecule has 1 amide bonds. The summed E-state index contributed by atoms with van der Waals surface area (Å²) in [5.74, 6) is -1.31. The fraction of sp³-hybridized carbons (Fsp3) is 0.833. The van der Waals surface area contributed by atoms with Gasteiger partial charge < -0.3 is 20.5 Å². The van der Waals surface area contributed by atoms with E-state index in [4.69, 9.17) is 9.84 Å². The normalized spacial score (nSPS) is 18.8. The highest BCUT2D eigenvalue weighted by molar-refractivity contribution is 5.77. The number of carboxylic acids is 1. The number of nitrogens with one attached hydrogen (secondary N) is 2. The molecule has 1 atom stereocenters. The number of carbonyl (C=O) groups excluding carboxylic acids is 1. The molecule has 104 valence electrons. The third kappa shape index (κ3) is 5.01. The summed E-state index contributed by atoms with van der Waals surface area (Å²) in [4.78, 5) is 22.0. The van der Waals surface area contributed by atoms with E-state index in [9.17, 15) is 9.59 Å². The number of carbonyl (C=O) groups is 2. The second kappa shape index (κ2) is 6.70. The standard InChI is InChI=1S/C12H22N2O4/c1-9(11(16)17)4-3-5-14-10(15)6-18-12(2)7-13-8-12/h9,13H,3-8H2,1-2H3,(H,14,15)(H,16,17). The summed E-state index contributed by atoms with van der Waals surface area (Å²) in [6.45, 7) is 5.73. The Balaban J connectivity index is 2.01. The number of amides is 1. The van der Waals surface area contributed by atoms with Gasteiger partial charge in [0.15, 0.2) is 0 Å². The van der Waals surface area contributed by atoms with Crippen LogP contribution in [0.4, 0.5) is 0 Å². The molecule has 0 saturated carbocycles. The first-order valence-electron chi connectivity index (χ1n) is 6.27. The molecule has 6 nitrogen and oxygen atoms in total. The summed E-state index contributed by atoms with van der Waals surface area (Å²) in [6, 6.07) is 0. The van der Waals surface area contributed by atoms with Gasteiger partial charge in [-0.1, -0.05) is 6.92 Å². The Hall–Kier alpha value is -1.14. The molecule has 1 saturated heterocycles. The first-order valence-corrected chi connectivity index (χ1v) is 6.27. The van der Waals surface area contributed by atoms with Crippen molar-refractivity contribution < 1.29 is 19.4 Å². The van der Waals surface area contributed by atoms with Crippen LogP contribution in [0.25, 0.3) is 0 Å². The number of aliphatic carboxylic acids is 1. The van der Waals surface area contributed by atoms with Crippen LogP contribution >= 0.6 is 0 Å². The van der Waals surface area contributed by atoms with Gasteiger partial charge in [-0.3, -0.25) is 9.59 Å². The van der Waals surface area contributed by atoms with Crippen molar-refractivity contribution in [3.8, 4) is 0 Å². The molecule has 1 heterocycles. The van der Waals surface area contributed by atoms with Crippen LogP contribution in [0.3, 0.4) is 0 Å². The maximum Gasteiger partial charge on any atom is 0.306 e. The van der Waals surface area contributed by atoms with Crippen molar-refractivity contribution in [1.82, 2.24) is 10.6 Å². The Morgan fingerprint density at radius 3 is 2.67 bits per heavy atom. The lowest BCUT2D eigenvalue weighted by atomic mass is 10.0. The Morgan fingerprint density at radius 2 is 2.17 bits per heavy atom. The van der Waals surface area contributed by atoms with Gasteiger partial charge in [-0.25, -0.2) is 0 Å². The van der Waals surface area contributed by atoms with Gasteiger partial charge in [0.1, 0.15) is 6.61 Å². The summed E-state index contributed by atoms with van der Waals surface area (Å²) >= 11 is 0. The molecular weight excluding hydrogens is 236 g/mol. The molecule has 0 aromatic rings.